The minimum absolute atomic E-state index is 0.0448. The van der Waals surface area contributed by atoms with Gasteiger partial charge in [-0.1, -0.05) is 10.0 Å². The van der Waals surface area contributed by atoms with Crippen LogP contribution in [0.3, 0.4) is 0 Å². The number of morpholine rings is 1. The lowest BCUT2D eigenvalue weighted by Gasteiger charge is -2.26. The Morgan fingerprint density at radius 1 is 1.10 bits per heavy atom. The Morgan fingerprint density at radius 2 is 1.97 bits per heavy atom. The van der Waals surface area contributed by atoms with Crippen molar-refractivity contribution >= 4 is 21.1 Å². The number of fused-ring (bicyclic) bond motifs is 1. The van der Waals surface area contributed by atoms with Gasteiger partial charge < -0.3 is 18.5 Å². The molecule has 1 aromatic carbocycles. The van der Waals surface area contributed by atoms with E-state index < -0.39 is 10.0 Å². The molecule has 1 fully saturated rings. The number of benzene rings is 1. The van der Waals surface area contributed by atoms with Crippen molar-refractivity contribution in [3.05, 3.63) is 48.4 Å². The Labute approximate surface area is 170 Å². The molecule has 0 N–H and O–H groups in total. The largest absolute Gasteiger partial charge is 0.461 e. The van der Waals surface area contributed by atoms with Gasteiger partial charge in [0.05, 0.1) is 24.4 Å². The van der Waals surface area contributed by atoms with Crippen LogP contribution in [-0.4, -0.2) is 59.3 Å². The van der Waals surface area contributed by atoms with Gasteiger partial charge in [0.15, 0.2) is 12.4 Å². The second-order valence-corrected chi connectivity index (χ2v) is 8.50. The monoisotopic (exact) mass is 431 g/mol. The van der Waals surface area contributed by atoms with Gasteiger partial charge in [0.1, 0.15) is 16.7 Å². The number of nitrogens with zero attached hydrogens (tertiary/aromatic N) is 5. The van der Waals surface area contributed by atoms with E-state index in [1.165, 1.54) is 27.5 Å². The van der Waals surface area contributed by atoms with Gasteiger partial charge in [-0.2, -0.15) is 4.31 Å². The fourth-order valence-corrected chi connectivity index (χ4v) is 4.54. The molecule has 0 radical (unpaired) electrons. The lowest BCUT2D eigenvalue weighted by molar-refractivity contribution is 0.0713. The fraction of sp³-hybridized carbons (Fsp3) is 0.278. The SMILES string of the molecule is O=S(=O)(c1ccc2nnn(OCc3cc(-c4ccco4)on3)c2c1)N1CCOCC1. The van der Waals surface area contributed by atoms with Gasteiger partial charge in [-0.15, -0.1) is 5.10 Å². The number of hydrogen-bond donors (Lipinski definition) is 0. The quantitative estimate of drug-likeness (QED) is 0.444. The summed E-state index contributed by atoms with van der Waals surface area (Å²) in [6.45, 7) is 1.43. The third-order valence-electron chi connectivity index (χ3n) is 4.65. The summed E-state index contributed by atoms with van der Waals surface area (Å²) < 4.78 is 43.0. The van der Waals surface area contributed by atoms with Crippen LogP contribution in [0.4, 0.5) is 0 Å². The molecule has 0 saturated carbocycles. The molecule has 0 unspecified atom stereocenters. The average molecular weight is 431 g/mol. The predicted molar refractivity (Wildman–Crippen MR) is 102 cm³/mol. The van der Waals surface area contributed by atoms with E-state index >= 15 is 0 Å². The summed E-state index contributed by atoms with van der Waals surface area (Å²) in [6, 6.07) is 9.80. The lowest BCUT2D eigenvalue weighted by Crippen LogP contribution is -2.40. The van der Waals surface area contributed by atoms with Crippen molar-refractivity contribution in [2.24, 2.45) is 0 Å². The Kier molecular flexibility index (Phi) is 4.73. The van der Waals surface area contributed by atoms with Crippen LogP contribution in [0.5, 0.6) is 0 Å². The Morgan fingerprint density at radius 3 is 2.77 bits per heavy atom. The van der Waals surface area contributed by atoms with Gasteiger partial charge in [-0.25, -0.2) is 8.42 Å². The first-order valence-electron chi connectivity index (χ1n) is 9.17. The van der Waals surface area contributed by atoms with Gasteiger partial charge in [0, 0.05) is 19.2 Å². The highest BCUT2D eigenvalue weighted by Crippen LogP contribution is 2.22. The van der Waals surface area contributed by atoms with E-state index in [0.29, 0.717) is 54.6 Å². The minimum atomic E-state index is -3.65. The molecule has 1 aliphatic rings. The van der Waals surface area contributed by atoms with Crippen LogP contribution in [0.25, 0.3) is 22.6 Å². The summed E-state index contributed by atoms with van der Waals surface area (Å²) in [5, 5.41) is 11.9. The molecular weight excluding hydrogens is 414 g/mol. The third kappa shape index (κ3) is 3.44. The maximum absolute atomic E-state index is 12.9. The van der Waals surface area contributed by atoms with Crippen LogP contribution >= 0.6 is 0 Å². The molecule has 0 atom stereocenters. The van der Waals surface area contributed by atoms with E-state index in [-0.39, 0.29) is 11.5 Å². The molecule has 30 heavy (non-hydrogen) atoms. The number of rotatable bonds is 6. The van der Waals surface area contributed by atoms with Crippen LogP contribution in [0, 0.1) is 0 Å². The van der Waals surface area contributed by atoms with Gasteiger partial charge in [0.2, 0.25) is 15.8 Å². The summed E-state index contributed by atoms with van der Waals surface area (Å²) >= 11 is 0. The molecule has 3 aromatic heterocycles. The summed E-state index contributed by atoms with van der Waals surface area (Å²) in [5.74, 6) is 1.03. The Balaban J connectivity index is 1.37. The van der Waals surface area contributed by atoms with Gasteiger partial charge >= 0.3 is 0 Å². The molecule has 1 saturated heterocycles. The van der Waals surface area contributed by atoms with E-state index in [2.05, 4.69) is 15.5 Å². The molecule has 1 aliphatic heterocycles. The van der Waals surface area contributed by atoms with E-state index in [1.54, 1.807) is 24.3 Å². The van der Waals surface area contributed by atoms with E-state index in [1.807, 2.05) is 0 Å². The highest BCUT2D eigenvalue weighted by molar-refractivity contribution is 7.89. The van der Waals surface area contributed by atoms with Gasteiger partial charge in [0.25, 0.3) is 0 Å². The Bertz CT molecular complexity index is 1260. The van der Waals surface area contributed by atoms with Gasteiger partial charge in [-0.3, -0.25) is 0 Å². The van der Waals surface area contributed by atoms with Crippen LogP contribution in [0.1, 0.15) is 5.69 Å². The average Bonchev–Trinajstić information content (AvgIpc) is 3.53. The van der Waals surface area contributed by atoms with Crippen LogP contribution in [-0.2, 0) is 21.4 Å². The zero-order valence-electron chi connectivity index (χ0n) is 15.7. The smallest absolute Gasteiger partial charge is 0.243 e. The van der Waals surface area contributed by atoms with E-state index in [0.717, 1.165) is 0 Å². The second kappa shape index (κ2) is 7.55. The summed E-state index contributed by atoms with van der Waals surface area (Å²) in [6.07, 6.45) is 1.54. The highest BCUT2D eigenvalue weighted by atomic mass is 32.2. The molecule has 0 aliphatic carbocycles. The number of furan rings is 1. The van der Waals surface area contributed by atoms with E-state index in [4.69, 9.17) is 18.5 Å². The van der Waals surface area contributed by atoms with Crippen LogP contribution < -0.4 is 4.84 Å². The zero-order valence-corrected chi connectivity index (χ0v) is 16.5. The number of sulfonamides is 1. The second-order valence-electron chi connectivity index (χ2n) is 6.56. The van der Waals surface area contributed by atoms with Crippen molar-refractivity contribution in [3.8, 4) is 11.5 Å². The summed E-state index contributed by atoms with van der Waals surface area (Å²) in [5.41, 5.74) is 1.45. The molecule has 0 bridgehead atoms. The fourth-order valence-electron chi connectivity index (χ4n) is 3.11. The summed E-state index contributed by atoms with van der Waals surface area (Å²) in [7, 11) is -3.65. The molecule has 4 aromatic rings. The maximum atomic E-state index is 12.9. The molecular formula is C18H17N5O6S. The molecule has 11 nitrogen and oxygen atoms in total. The number of ether oxygens (including phenoxy) is 1. The molecule has 0 spiro atoms. The number of hydrogen-bond acceptors (Lipinski definition) is 9. The van der Waals surface area contributed by atoms with Crippen LogP contribution in [0.2, 0.25) is 0 Å². The molecule has 5 rings (SSSR count). The first kappa shape index (κ1) is 18.8. The molecule has 4 heterocycles. The van der Waals surface area contributed by atoms with Crippen molar-refractivity contribution < 1.29 is 26.9 Å². The lowest BCUT2D eigenvalue weighted by atomic mass is 10.3. The standard InChI is InChI=1S/C18H17N5O6S/c24-30(25,22-5-8-26-9-6-22)14-3-4-15-16(11-14)23(21-19-15)28-12-13-10-18(29-20-13)17-2-1-7-27-17/h1-4,7,10-11H,5-6,8-9,12H2. The van der Waals surface area contributed by atoms with Crippen molar-refractivity contribution in [1.29, 1.82) is 0 Å². The predicted octanol–water partition coefficient (Wildman–Crippen LogP) is 1.33. The van der Waals surface area contributed by atoms with Crippen molar-refractivity contribution in [1.82, 2.24) is 24.6 Å². The normalized spacial score (nSPS) is 15.6. The first-order chi connectivity index (χ1) is 14.6. The van der Waals surface area contributed by atoms with Crippen LogP contribution in [0.15, 0.2) is 56.5 Å². The molecule has 156 valence electrons. The third-order valence-corrected chi connectivity index (χ3v) is 6.55. The van der Waals surface area contributed by atoms with Crippen molar-refractivity contribution in [3.63, 3.8) is 0 Å². The topological polar surface area (TPSA) is 126 Å². The Hall–Kier alpha value is -3.22. The molecule has 0 amide bonds. The first-order valence-corrected chi connectivity index (χ1v) is 10.6. The highest BCUT2D eigenvalue weighted by Gasteiger charge is 2.27. The van der Waals surface area contributed by atoms with E-state index in [9.17, 15) is 8.42 Å². The maximum Gasteiger partial charge on any atom is 0.243 e. The molecule has 12 heteroatoms. The van der Waals surface area contributed by atoms with Gasteiger partial charge in [-0.05, 0) is 35.5 Å². The van der Waals surface area contributed by atoms with Crippen molar-refractivity contribution in [2.45, 2.75) is 11.5 Å². The number of aromatic nitrogens is 4. The minimum Gasteiger partial charge on any atom is -0.461 e. The summed E-state index contributed by atoms with van der Waals surface area (Å²) in [4.78, 5) is 6.97. The zero-order chi connectivity index (χ0) is 20.6. The van der Waals surface area contributed by atoms with Crippen molar-refractivity contribution in [2.75, 3.05) is 26.3 Å².